The van der Waals surface area contributed by atoms with Crippen LogP contribution in [0.3, 0.4) is 0 Å². The van der Waals surface area contributed by atoms with E-state index in [2.05, 4.69) is 5.32 Å². The average Bonchev–Trinajstić information content (AvgIpc) is 0.917. The molecule has 16 heteroatoms. The van der Waals surface area contributed by atoms with Gasteiger partial charge in [0.05, 0.1) is 30.5 Å². The van der Waals surface area contributed by atoms with Gasteiger partial charge < -0.3 is 25.0 Å². The average molecular weight is 1220 g/mol. The minimum atomic E-state index is -5.22. The molecular formula is C71H84N2O12S2. The van der Waals surface area contributed by atoms with Gasteiger partial charge in [0.2, 0.25) is 0 Å². The largest absolute Gasteiger partial charge is 0.507 e. The van der Waals surface area contributed by atoms with E-state index in [0.29, 0.717) is 56.5 Å². The smallest absolute Gasteiger partial charge is 0.295 e. The number of nitrogens with zero attached hydrogens (tertiary/aromatic N) is 1. The van der Waals surface area contributed by atoms with Crippen molar-refractivity contribution in [2.45, 2.75) is 169 Å². The van der Waals surface area contributed by atoms with Crippen LogP contribution in [0.5, 0.6) is 17.2 Å². The molecular weight excluding hydrogens is 1140 g/mol. The van der Waals surface area contributed by atoms with Crippen molar-refractivity contribution in [3.63, 3.8) is 0 Å². The number of aliphatic imine (C=N–C) groups is 1. The number of methoxy groups -OCH3 is 2. The molecule has 0 aromatic heterocycles. The zero-order valence-electron chi connectivity index (χ0n) is 53.9. The maximum atomic E-state index is 14.4. The van der Waals surface area contributed by atoms with Crippen LogP contribution < -0.4 is 10.1 Å². The molecule has 0 aliphatic heterocycles. The summed E-state index contributed by atoms with van der Waals surface area (Å²) in [7, 11) is -7.33. The lowest BCUT2D eigenvalue weighted by molar-refractivity contribution is 0.0984. The first-order chi connectivity index (χ1) is 40.0. The first kappa shape index (κ1) is 66.9. The number of aromatic hydroxyl groups is 2. The predicted molar refractivity (Wildman–Crippen MR) is 348 cm³/mol. The van der Waals surface area contributed by atoms with E-state index >= 15 is 0 Å². The van der Waals surface area contributed by atoms with Crippen molar-refractivity contribution in [3.8, 4) is 17.2 Å². The number of ketones is 2. The van der Waals surface area contributed by atoms with Crippen LogP contribution in [0.25, 0.3) is 5.57 Å². The number of hydrogen-bond acceptors (Lipinski definition) is 12. The number of aryl methyl sites for hydroxylation is 4. The molecule has 0 atom stereocenters. The minimum absolute atomic E-state index is 0.0628. The van der Waals surface area contributed by atoms with E-state index < -0.39 is 51.7 Å². The number of allylic oxidation sites excluding steroid dienone is 3. The van der Waals surface area contributed by atoms with Gasteiger partial charge in [-0.3, -0.25) is 18.7 Å². The monoisotopic (exact) mass is 1220 g/mol. The predicted octanol–water partition coefficient (Wildman–Crippen LogP) is 15.9. The highest BCUT2D eigenvalue weighted by molar-refractivity contribution is 7.86. The van der Waals surface area contributed by atoms with Gasteiger partial charge in [-0.1, -0.05) is 101 Å². The fourth-order valence-electron chi connectivity index (χ4n) is 11.5. The quantitative estimate of drug-likeness (QED) is 0.0477. The van der Waals surface area contributed by atoms with Gasteiger partial charge in [0.25, 0.3) is 20.2 Å². The van der Waals surface area contributed by atoms with E-state index in [1.54, 1.807) is 60.7 Å². The van der Waals surface area contributed by atoms with Crippen molar-refractivity contribution < 1.29 is 55.2 Å². The van der Waals surface area contributed by atoms with Crippen molar-refractivity contribution in [3.05, 3.63) is 191 Å². The van der Waals surface area contributed by atoms with Crippen LogP contribution in [-0.2, 0) is 59.5 Å². The van der Waals surface area contributed by atoms with Gasteiger partial charge in [0.15, 0.2) is 11.6 Å². The number of ether oxygens (including phenoxy) is 2. The summed E-state index contributed by atoms with van der Waals surface area (Å²) >= 11 is 0. The summed E-state index contributed by atoms with van der Waals surface area (Å²) in [5.74, 6) is 0.544. The maximum absolute atomic E-state index is 14.4. The second-order valence-corrected chi connectivity index (χ2v) is 29.8. The lowest BCUT2D eigenvalue weighted by atomic mass is 9.77. The Morgan fingerprint density at radius 3 is 1.44 bits per heavy atom. The molecule has 0 heterocycles. The van der Waals surface area contributed by atoms with Crippen LogP contribution in [0.1, 0.15) is 182 Å². The topological polar surface area (TPSA) is 226 Å². The van der Waals surface area contributed by atoms with Gasteiger partial charge in [0.1, 0.15) is 27.9 Å². The third-order valence-electron chi connectivity index (χ3n) is 16.2. The van der Waals surface area contributed by atoms with Crippen LogP contribution in [0, 0.1) is 41.5 Å². The van der Waals surface area contributed by atoms with Gasteiger partial charge in [-0.15, -0.1) is 0 Å². The third kappa shape index (κ3) is 14.2. The van der Waals surface area contributed by atoms with Crippen LogP contribution in [-0.4, -0.2) is 67.7 Å². The Bertz CT molecular complexity index is 4120. The van der Waals surface area contributed by atoms with Crippen molar-refractivity contribution in [1.82, 2.24) is 0 Å². The van der Waals surface area contributed by atoms with Crippen molar-refractivity contribution in [2.75, 3.05) is 19.5 Å². The van der Waals surface area contributed by atoms with Crippen LogP contribution in [0.4, 0.5) is 17.1 Å². The first-order valence-corrected chi connectivity index (χ1v) is 31.7. The molecule has 0 fully saturated rings. The summed E-state index contributed by atoms with van der Waals surface area (Å²) in [4.78, 5) is 32.3. The summed E-state index contributed by atoms with van der Waals surface area (Å²) < 4.78 is 84.9. The molecule has 0 saturated carbocycles. The van der Waals surface area contributed by atoms with E-state index in [9.17, 15) is 45.7 Å². The lowest BCUT2D eigenvalue weighted by Gasteiger charge is -2.28. The summed E-state index contributed by atoms with van der Waals surface area (Å²) in [6.07, 6.45) is 5.15. The Morgan fingerprint density at radius 1 is 0.540 bits per heavy atom. The Balaban J connectivity index is 1.34. The van der Waals surface area contributed by atoms with Crippen molar-refractivity contribution >= 4 is 60.1 Å². The Labute approximate surface area is 514 Å². The van der Waals surface area contributed by atoms with Crippen LogP contribution >= 0.6 is 0 Å². The summed E-state index contributed by atoms with van der Waals surface area (Å²) in [5, 5.41) is 26.4. The Hall–Kier alpha value is -7.63. The molecule has 6 aromatic carbocycles. The fourth-order valence-corrected chi connectivity index (χ4v) is 12.8. The number of Topliss-reactive ketones (excluding diaryl/α,β-unsaturated/α-hetero) is 2. The summed E-state index contributed by atoms with van der Waals surface area (Å²) in [6.45, 7) is 35.7. The number of carbonyl (C=O) groups is 2. The molecule has 1 aliphatic rings. The fraction of sp³-hybridized carbons (Fsp3) is 0.366. The normalized spacial score (nSPS) is 14.5. The zero-order chi connectivity index (χ0) is 65.2. The number of carbonyl (C=O) groups excluding carboxylic acids is 2. The number of rotatable bonds is 15. The molecule has 0 amide bonds. The Morgan fingerprint density at radius 2 is 1.00 bits per heavy atom. The lowest BCUT2D eigenvalue weighted by Crippen LogP contribution is -2.19. The molecule has 0 saturated heterocycles. The second-order valence-electron chi connectivity index (χ2n) is 27.0. The second kappa shape index (κ2) is 24.2. The van der Waals surface area contributed by atoms with E-state index in [4.69, 9.17) is 14.5 Å². The molecule has 7 rings (SSSR count). The number of benzene rings is 6. The third-order valence-corrected chi connectivity index (χ3v) is 18.0. The van der Waals surface area contributed by atoms with Gasteiger partial charge in [-0.25, -0.2) is 4.99 Å². The maximum Gasteiger partial charge on any atom is 0.295 e. The summed E-state index contributed by atoms with van der Waals surface area (Å²) in [5.41, 5.74) is 11.6. The molecule has 5 N–H and O–H groups in total. The summed E-state index contributed by atoms with van der Waals surface area (Å²) in [6, 6.07) is 19.2. The van der Waals surface area contributed by atoms with Crippen LogP contribution in [0.2, 0.25) is 0 Å². The van der Waals surface area contributed by atoms with Crippen LogP contribution in [0.15, 0.2) is 117 Å². The minimum Gasteiger partial charge on any atom is -0.507 e. The number of anilines is 2. The van der Waals surface area contributed by atoms with Crippen molar-refractivity contribution in [1.29, 1.82) is 0 Å². The standard InChI is InChI=1S/C71H84N2O12S2/c1-38-27-40(3)64(42(5)52(38)36-58(74)44-29-54(68(7,8)9)66(76)55(30-44)69(10,11)12)72-46-21-24-49(60(33-46)84-19)63(51-26-23-48(86(78,79)80)35-62(51)87(81,82)83)50-25-22-47(34-61(50)85-20)73-65-41(4)28-39(2)53(43(65)6)37-59(75)45-31-56(70(13,14)15)67(77)57(32-45)71(16,17)18/h21-35,72,76-77H,36-37H2,1-20H3,(H,78,79,80)(H,81,82,83). The highest BCUT2D eigenvalue weighted by atomic mass is 32.2. The van der Waals surface area contributed by atoms with Gasteiger partial charge in [-0.05, 0) is 168 Å². The molecule has 462 valence electrons. The molecule has 0 radical (unpaired) electrons. The molecule has 87 heavy (non-hydrogen) atoms. The number of phenolic OH excluding ortho intramolecular Hbond substituents is 2. The zero-order valence-corrected chi connectivity index (χ0v) is 55.5. The molecule has 6 aromatic rings. The van der Waals surface area contributed by atoms with E-state index in [1.165, 1.54) is 20.3 Å². The number of nitrogens with one attached hydrogen (secondary N) is 1. The molecule has 0 spiro atoms. The molecule has 0 bridgehead atoms. The molecule has 0 unspecified atom stereocenters. The van der Waals surface area contributed by atoms with Gasteiger partial charge >= 0.3 is 0 Å². The highest BCUT2D eigenvalue weighted by Gasteiger charge is 2.32. The molecule has 14 nitrogen and oxygen atoms in total. The first-order valence-electron chi connectivity index (χ1n) is 28.8. The van der Waals surface area contributed by atoms with Gasteiger partial charge in [-0.2, -0.15) is 16.8 Å². The SMILES string of the molecule is COC1=CC(=Nc2c(C)cc(C)c(CC(=O)c3cc(C(C)(C)C)c(O)c(C(C)(C)C)c3)c2C)C=CC1=C(c1ccc(Nc2c(C)cc(C)c(CC(=O)c3cc(C(C)(C)C)c(O)c(C(C)(C)C)c3)c2C)cc1OC)c1ccc(S(=O)(=O)O)cc1S(=O)(=O)O. The van der Waals surface area contributed by atoms with E-state index in [1.807, 2.05) is 137 Å². The Kier molecular flexibility index (Phi) is 18.6. The molecule has 1 aliphatic carbocycles. The van der Waals surface area contributed by atoms with Gasteiger partial charge in [0, 0.05) is 92.0 Å². The number of phenols is 2. The highest BCUT2D eigenvalue weighted by Crippen LogP contribution is 2.45. The van der Waals surface area contributed by atoms with Crippen molar-refractivity contribution in [2.24, 2.45) is 4.99 Å². The number of hydrogen-bond donors (Lipinski definition) is 5. The van der Waals surface area contributed by atoms with E-state index in [0.717, 1.165) is 56.3 Å². The van der Waals surface area contributed by atoms with E-state index in [-0.39, 0.29) is 69.7 Å².